The molecule has 36 valence electrons. The Morgan fingerprint density at radius 3 is 1.57 bits per heavy atom. The van der Waals surface area contributed by atoms with E-state index in [1.165, 1.54) is 0 Å². The van der Waals surface area contributed by atoms with Gasteiger partial charge >= 0.3 is 37.0 Å². The van der Waals surface area contributed by atoms with Crippen molar-refractivity contribution in [1.82, 2.24) is 0 Å². The van der Waals surface area contributed by atoms with Crippen LogP contribution in [0.25, 0.3) is 0 Å². The van der Waals surface area contributed by atoms with E-state index in [4.69, 9.17) is 0 Å². The summed E-state index contributed by atoms with van der Waals surface area (Å²) >= 11 is 0. The second-order valence-electron chi connectivity index (χ2n) is 1.15. The molecule has 0 aliphatic heterocycles. The van der Waals surface area contributed by atoms with Crippen LogP contribution in [0, 0.1) is 0 Å². The summed E-state index contributed by atoms with van der Waals surface area (Å²) in [6.07, 6.45) is 0. The molecule has 1 aromatic rings. The quantitative estimate of drug-likeness (QED) is 0.396. The van der Waals surface area contributed by atoms with Crippen LogP contribution in [-0.4, -0.2) is 17.9 Å². The van der Waals surface area contributed by atoms with Crippen LogP contribution >= 0.6 is 0 Å². The Morgan fingerprint density at radius 1 is 0.857 bits per heavy atom. The van der Waals surface area contributed by atoms with Gasteiger partial charge in [0.1, 0.15) is 0 Å². The van der Waals surface area contributed by atoms with Gasteiger partial charge in [0.05, 0.1) is 0 Å². The van der Waals surface area contributed by atoms with Gasteiger partial charge in [-0.1, -0.05) is 0 Å². The van der Waals surface area contributed by atoms with Gasteiger partial charge in [0, 0.05) is 0 Å². The fourth-order valence-corrected chi connectivity index (χ4v) is 0.385. The molecule has 0 saturated carbocycles. The molecule has 0 nitrogen and oxygen atoms in total. The Kier molecular flexibility index (Phi) is 3.61. The fraction of sp³-hybridized carbons (Fsp3) is 0. The van der Waals surface area contributed by atoms with Crippen molar-refractivity contribution in [3.05, 3.63) is 30.1 Å². The Bertz CT molecular complexity index is 80.0. The third-order valence-electron chi connectivity index (χ3n) is 0.667. The molecule has 0 unspecified atom stereocenters. The van der Waals surface area contributed by atoms with E-state index >= 15 is 0 Å². The standard InChI is InChI=1S/C5H5B.H4Si/c1-2-4-6-5-3-1;/h1-5H;1H4. The molecular weight excluding hydrogens is 99.0 g/mol. The van der Waals surface area contributed by atoms with Crippen molar-refractivity contribution >= 4 is 17.9 Å². The zero-order valence-electron chi connectivity index (χ0n) is 3.46. The maximum absolute atomic E-state index is 2.00. The second-order valence-corrected chi connectivity index (χ2v) is 1.15. The van der Waals surface area contributed by atoms with Gasteiger partial charge in [-0.05, 0) is 11.0 Å². The summed E-state index contributed by atoms with van der Waals surface area (Å²) in [5.41, 5.74) is 0. The third-order valence-corrected chi connectivity index (χ3v) is 0.667. The average molecular weight is 108 g/mol. The molecule has 1 heterocycles. The molecule has 0 saturated heterocycles. The van der Waals surface area contributed by atoms with Gasteiger partial charge in [0.25, 0.3) is 0 Å². The second kappa shape index (κ2) is 3.81. The van der Waals surface area contributed by atoms with Crippen molar-refractivity contribution < 1.29 is 0 Å². The number of hydrogen-bond donors (Lipinski definition) is 0. The SMILES string of the molecule is [SiH4].b1ccccc1. The van der Waals surface area contributed by atoms with Crippen LogP contribution in [0.2, 0.25) is 0 Å². The van der Waals surface area contributed by atoms with Crippen LogP contribution in [0.5, 0.6) is 0 Å². The van der Waals surface area contributed by atoms with Gasteiger partial charge in [-0.2, -0.15) is 0 Å². The molecular formula is C5H9BSi. The molecule has 0 spiro atoms. The summed E-state index contributed by atoms with van der Waals surface area (Å²) in [5, 5.41) is 0. The first-order valence-electron chi connectivity index (χ1n) is 2.00. The molecule has 0 radical (unpaired) electrons. The first-order valence-corrected chi connectivity index (χ1v) is 2.00. The van der Waals surface area contributed by atoms with Crippen LogP contribution in [0.1, 0.15) is 0 Å². The Labute approximate surface area is 48.8 Å². The van der Waals surface area contributed by atoms with Crippen molar-refractivity contribution in [2.24, 2.45) is 0 Å². The molecule has 0 N–H and O–H groups in total. The van der Waals surface area contributed by atoms with Crippen LogP contribution < -0.4 is 0 Å². The average Bonchev–Trinajstić information content (AvgIpc) is 1.72. The Morgan fingerprint density at radius 2 is 1.43 bits per heavy atom. The van der Waals surface area contributed by atoms with E-state index in [1.54, 1.807) is 0 Å². The van der Waals surface area contributed by atoms with Gasteiger partial charge in [0.15, 0.2) is 0 Å². The van der Waals surface area contributed by atoms with Gasteiger partial charge in [0.2, 0.25) is 0 Å². The summed E-state index contributed by atoms with van der Waals surface area (Å²) < 4.78 is 0. The molecule has 0 aliphatic rings. The van der Waals surface area contributed by atoms with Crippen LogP contribution in [-0.2, 0) is 0 Å². The van der Waals surface area contributed by atoms with Gasteiger partial charge in [-0.15, -0.1) is 0 Å². The molecule has 1 rings (SSSR count). The molecule has 0 fully saturated rings. The van der Waals surface area contributed by atoms with Crippen LogP contribution in [0.15, 0.2) is 30.1 Å². The monoisotopic (exact) mass is 108 g/mol. The summed E-state index contributed by atoms with van der Waals surface area (Å²) in [4.78, 5) is 0. The summed E-state index contributed by atoms with van der Waals surface area (Å²) in [6, 6.07) is 6.00. The van der Waals surface area contributed by atoms with Gasteiger partial charge < -0.3 is 0 Å². The van der Waals surface area contributed by atoms with E-state index < -0.39 is 0 Å². The number of hydrogen-bond acceptors (Lipinski definition) is 0. The maximum atomic E-state index is 2.00. The Balaban J connectivity index is 0.000000360. The molecule has 2 heteroatoms. The van der Waals surface area contributed by atoms with Crippen LogP contribution in [0.4, 0.5) is 0 Å². The first kappa shape index (κ1) is 6.63. The van der Waals surface area contributed by atoms with Crippen LogP contribution in [0.3, 0.4) is 0 Å². The molecule has 0 amide bonds. The molecule has 7 heavy (non-hydrogen) atoms. The molecule has 0 aromatic carbocycles. The van der Waals surface area contributed by atoms with Gasteiger partial charge in [-0.25, -0.2) is 0 Å². The van der Waals surface area contributed by atoms with Crippen molar-refractivity contribution in [2.45, 2.75) is 0 Å². The van der Waals surface area contributed by atoms with E-state index in [2.05, 4.69) is 0 Å². The van der Waals surface area contributed by atoms with Gasteiger partial charge in [-0.3, -0.25) is 0 Å². The summed E-state index contributed by atoms with van der Waals surface area (Å²) in [7, 11) is 0. The number of rotatable bonds is 0. The van der Waals surface area contributed by atoms with E-state index in [0.717, 1.165) is 0 Å². The molecule has 0 bridgehead atoms. The molecule has 1 aromatic heterocycles. The minimum absolute atomic E-state index is 0. The molecule has 0 atom stereocenters. The zero-order chi connectivity index (χ0) is 4.24. The van der Waals surface area contributed by atoms with Crippen molar-refractivity contribution in [3.63, 3.8) is 0 Å². The zero-order valence-corrected chi connectivity index (χ0v) is 3.46. The minimum atomic E-state index is 0. The predicted molar refractivity (Wildman–Crippen MR) is 39.1 cm³/mol. The Hall–Kier alpha value is -0.368. The topological polar surface area (TPSA) is 0 Å². The fourth-order valence-electron chi connectivity index (χ4n) is 0.385. The third kappa shape index (κ3) is 2.34. The molecule has 0 aliphatic carbocycles. The van der Waals surface area contributed by atoms with E-state index in [0.29, 0.717) is 0 Å². The van der Waals surface area contributed by atoms with Crippen molar-refractivity contribution in [3.8, 4) is 0 Å². The first-order chi connectivity index (χ1) is 3.00. The van der Waals surface area contributed by atoms with Crippen molar-refractivity contribution in [2.75, 3.05) is 0 Å². The van der Waals surface area contributed by atoms with E-state index in [9.17, 15) is 0 Å². The summed E-state index contributed by atoms with van der Waals surface area (Å²) in [5.74, 6) is 4.00. The normalized spacial score (nSPS) is 6.29. The van der Waals surface area contributed by atoms with Crippen molar-refractivity contribution in [1.29, 1.82) is 0 Å². The van der Waals surface area contributed by atoms with E-state index in [1.807, 2.05) is 37.0 Å². The predicted octanol–water partition coefficient (Wildman–Crippen LogP) is -0.427. The summed E-state index contributed by atoms with van der Waals surface area (Å²) in [6.45, 7) is 2.00. The van der Waals surface area contributed by atoms with E-state index in [-0.39, 0.29) is 11.0 Å².